The highest BCUT2D eigenvalue weighted by molar-refractivity contribution is 6.03. The maximum Gasteiger partial charge on any atom is 0.105 e. The first-order valence-electron chi connectivity index (χ1n) is 28.1. The quantitative estimate of drug-likeness (QED) is 0.121. The Hall–Kier alpha value is -11.3. The average molecular weight is 1080 g/mol. The van der Waals surface area contributed by atoms with Gasteiger partial charge in [0.1, 0.15) is 22.8 Å². The van der Waals surface area contributed by atoms with Gasteiger partial charge in [0.15, 0.2) is 0 Å². The summed E-state index contributed by atoms with van der Waals surface area (Å²) in [5, 5.41) is 27.9. The van der Waals surface area contributed by atoms with Crippen LogP contribution in [0.5, 0.6) is 0 Å². The van der Waals surface area contributed by atoms with E-state index in [9.17, 15) is 0 Å². The highest BCUT2D eigenvalue weighted by Crippen LogP contribution is 2.48. The molecule has 0 unspecified atom stereocenters. The van der Waals surface area contributed by atoms with Gasteiger partial charge in [0, 0.05) is 33.4 Å². The smallest absolute Gasteiger partial charge is 0.105 e. The maximum absolute atomic E-state index is 4.77. The zero-order valence-electron chi connectivity index (χ0n) is 45.9. The lowest BCUT2D eigenvalue weighted by Gasteiger charge is -2.19. The molecule has 0 fully saturated rings. The van der Waals surface area contributed by atoms with Gasteiger partial charge in [-0.15, -0.1) is 20.4 Å². The molecule has 12 aromatic carbocycles. The Balaban J connectivity index is 0.000000157. The third kappa shape index (κ3) is 10.7. The van der Waals surface area contributed by atoms with Crippen LogP contribution in [0, 0.1) is 0 Å². The molecule has 0 radical (unpaired) electrons. The summed E-state index contributed by atoms with van der Waals surface area (Å²) in [6.07, 6.45) is 0. The predicted molar refractivity (Wildman–Crippen MR) is 345 cm³/mol. The highest BCUT2D eigenvalue weighted by atomic mass is 15.3. The average Bonchev–Trinajstić information content (AvgIpc) is 2.53. The number of hydrogen-bond acceptors (Lipinski definition) is 6. The van der Waals surface area contributed by atoms with Crippen LogP contribution >= 0.6 is 0 Å². The molecule has 0 bridgehead atoms. The molecule has 0 aliphatic carbocycles. The third-order valence-corrected chi connectivity index (χ3v) is 15.2. The molecule has 6 nitrogen and oxygen atoms in total. The molecule has 0 saturated heterocycles. The Bertz CT molecular complexity index is 4020. The van der Waals surface area contributed by atoms with E-state index in [2.05, 4.69) is 302 Å². The number of benzene rings is 12. The van der Waals surface area contributed by atoms with Crippen LogP contribution in [-0.2, 0) is 0 Å². The van der Waals surface area contributed by atoms with Crippen LogP contribution in [-0.4, -0.2) is 30.8 Å². The van der Waals surface area contributed by atoms with Gasteiger partial charge in [-0.25, -0.2) is 0 Å². The van der Waals surface area contributed by atoms with E-state index in [0.717, 1.165) is 134 Å². The molecule has 0 amide bonds. The fourth-order valence-electron chi connectivity index (χ4n) is 11.3. The molecule has 0 atom stereocenters. The summed E-state index contributed by atoms with van der Waals surface area (Å²) in [6, 6.07) is 113. The van der Waals surface area contributed by atoms with Gasteiger partial charge in [0.2, 0.25) is 0 Å². The normalized spacial score (nSPS) is 10.9. The molecule has 0 aliphatic rings. The van der Waals surface area contributed by atoms with Crippen LogP contribution in [0.15, 0.2) is 328 Å². The van der Waals surface area contributed by atoms with Crippen molar-refractivity contribution in [3.8, 4) is 134 Å². The topological polar surface area (TPSA) is 77.3 Å². The van der Waals surface area contributed by atoms with Crippen LogP contribution in [0.25, 0.3) is 134 Å². The van der Waals surface area contributed by atoms with Crippen molar-refractivity contribution in [1.29, 1.82) is 0 Å². The van der Waals surface area contributed by atoms with Crippen LogP contribution < -0.4 is 0 Å². The molecule has 0 spiro atoms. The minimum absolute atomic E-state index is 0.797. The van der Waals surface area contributed by atoms with Gasteiger partial charge in [0.05, 0.1) is 0 Å². The van der Waals surface area contributed by atoms with Gasteiger partial charge in [0.25, 0.3) is 0 Å². The Morgan fingerprint density at radius 3 is 0.464 bits per heavy atom. The van der Waals surface area contributed by atoms with Crippen LogP contribution in [0.2, 0.25) is 0 Å². The monoisotopic (exact) mass is 1070 g/mol. The summed E-state index contributed by atoms with van der Waals surface area (Å²) in [5.74, 6) is 0. The molecule has 0 saturated carbocycles. The molecule has 396 valence electrons. The van der Waals surface area contributed by atoms with Crippen LogP contribution in [0.3, 0.4) is 0 Å². The molecule has 0 N–H and O–H groups in total. The van der Waals surface area contributed by atoms with E-state index in [0.29, 0.717) is 0 Å². The molecule has 14 rings (SSSR count). The molecular weight excluding hydrogens is 1020 g/mol. The number of rotatable bonds is 12. The first-order valence-corrected chi connectivity index (χ1v) is 28.1. The van der Waals surface area contributed by atoms with Crippen LogP contribution in [0.1, 0.15) is 0 Å². The SMILES string of the molecule is c1ccc(-c2ccccc2-c2nnnc(-c3ccccc3-c3ccccc3)c2-c2ccccc2-c2ccccc2)cc1.c1ccc(-c2ccccc2-c2nnnc(-c3ccccc3-c3ccccc3)c2-c2ccccc2-c2ccccc2)cc1. The summed E-state index contributed by atoms with van der Waals surface area (Å²) in [5.41, 5.74) is 24.6. The van der Waals surface area contributed by atoms with Crippen molar-refractivity contribution >= 4 is 0 Å². The molecule has 84 heavy (non-hydrogen) atoms. The molecular formula is C78H54N6. The van der Waals surface area contributed by atoms with Gasteiger partial charge < -0.3 is 0 Å². The lowest BCUT2D eigenvalue weighted by Crippen LogP contribution is -2.03. The van der Waals surface area contributed by atoms with Crippen molar-refractivity contribution in [1.82, 2.24) is 30.8 Å². The molecule has 2 aromatic heterocycles. The lowest BCUT2D eigenvalue weighted by atomic mass is 9.86. The summed E-state index contributed by atoms with van der Waals surface area (Å²) >= 11 is 0. The minimum Gasteiger partial charge on any atom is -0.129 e. The van der Waals surface area contributed by atoms with E-state index in [-0.39, 0.29) is 0 Å². The fourth-order valence-corrected chi connectivity index (χ4v) is 11.3. The van der Waals surface area contributed by atoms with Gasteiger partial charge in [-0.2, -0.15) is 0 Å². The second-order valence-electron chi connectivity index (χ2n) is 20.2. The van der Waals surface area contributed by atoms with Gasteiger partial charge in [-0.1, -0.05) is 328 Å². The van der Waals surface area contributed by atoms with Crippen molar-refractivity contribution < 1.29 is 0 Å². The second-order valence-corrected chi connectivity index (χ2v) is 20.2. The number of aromatic nitrogens is 6. The second kappa shape index (κ2) is 24.6. The lowest BCUT2D eigenvalue weighted by molar-refractivity contribution is 0.879. The van der Waals surface area contributed by atoms with Gasteiger partial charge in [-0.05, 0) is 88.3 Å². The van der Waals surface area contributed by atoms with Crippen molar-refractivity contribution in [2.24, 2.45) is 0 Å². The van der Waals surface area contributed by atoms with E-state index < -0.39 is 0 Å². The van der Waals surface area contributed by atoms with E-state index in [4.69, 9.17) is 20.4 Å². The Morgan fingerprint density at radius 2 is 0.274 bits per heavy atom. The van der Waals surface area contributed by atoms with Crippen LogP contribution in [0.4, 0.5) is 0 Å². The zero-order chi connectivity index (χ0) is 56.3. The third-order valence-electron chi connectivity index (χ3n) is 15.2. The van der Waals surface area contributed by atoms with E-state index in [1.807, 2.05) is 36.4 Å². The number of nitrogens with zero attached hydrogens (tertiary/aromatic N) is 6. The highest BCUT2D eigenvalue weighted by Gasteiger charge is 2.26. The van der Waals surface area contributed by atoms with E-state index >= 15 is 0 Å². The van der Waals surface area contributed by atoms with E-state index in [1.165, 1.54) is 0 Å². The van der Waals surface area contributed by atoms with Crippen molar-refractivity contribution in [3.63, 3.8) is 0 Å². The zero-order valence-corrected chi connectivity index (χ0v) is 45.9. The standard InChI is InChI=1S/2C39H27N3/c2*1-4-16-28(17-5-1)31-22-10-13-25-34(31)37-38(35-26-14-11-23-32(35)29-18-6-2-7-19-29)40-42-41-39(37)36-27-15-12-24-33(36)30-20-8-3-9-21-30/h2*1-27H. The largest absolute Gasteiger partial charge is 0.129 e. The molecule has 0 aliphatic heterocycles. The van der Waals surface area contributed by atoms with Crippen molar-refractivity contribution in [3.05, 3.63) is 328 Å². The Labute approximate surface area is 489 Å². The van der Waals surface area contributed by atoms with Gasteiger partial charge >= 0.3 is 0 Å². The first-order chi connectivity index (χ1) is 41.8. The van der Waals surface area contributed by atoms with Crippen molar-refractivity contribution in [2.75, 3.05) is 0 Å². The maximum atomic E-state index is 4.77. The van der Waals surface area contributed by atoms with E-state index in [1.54, 1.807) is 0 Å². The Kier molecular flexibility index (Phi) is 15.2. The summed E-state index contributed by atoms with van der Waals surface area (Å²) in [4.78, 5) is 0. The summed E-state index contributed by atoms with van der Waals surface area (Å²) in [7, 11) is 0. The molecule has 6 heteroatoms. The predicted octanol–water partition coefficient (Wildman–Crippen LogP) is 19.7. The molecule has 2 heterocycles. The van der Waals surface area contributed by atoms with Gasteiger partial charge in [-0.3, -0.25) is 0 Å². The minimum atomic E-state index is 0.797. The Morgan fingerprint density at radius 1 is 0.131 bits per heavy atom. The number of hydrogen-bond donors (Lipinski definition) is 0. The van der Waals surface area contributed by atoms with Crippen molar-refractivity contribution in [2.45, 2.75) is 0 Å². The fraction of sp³-hybridized carbons (Fsp3) is 0. The summed E-state index contributed by atoms with van der Waals surface area (Å²) < 4.78 is 0. The first kappa shape index (κ1) is 52.1. The molecule has 14 aromatic rings. The summed E-state index contributed by atoms with van der Waals surface area (Å²) in [6.45, 7) is 0.